The monoisotopic (exact) mass is 442 g/mol. The van der Waals surface area contributed by atoms with Crippen LogP contribution in [0.2, 0.25) is 0 Å². The first-order valence-electron chi connectivity index (χ1n) is 11.3. The molecule has 0 saturated carbocycles. The van der Waals surface area contributed by atoms with Crippen LogP contribution < -0.4 is 4.74 Å². The molecule has 0 fully saturated rings. The molecule has 0 heterocycles. The Hall–Kier alpha value is -3.40. The van der Waals surface area contributed by atoms with Crippen LogP contribution in [-0.2, 0) is 22.2 Å². The van der Waals surface area contributed by atoms with Gasteiger partial charge in [-0.15, -0.1) is 0 Å². The van der Waals surface area contributed by atoms with E-state index in [0.29, 0.717) is 16.9 Å². The Bertz CT molecular complexity index is 1160. The van der Waals surface area contributed by atoms with E-state index in [2.05, 4.69) is 33.8 Å². The minimum atomic E-state index is -0.452. The van der Waals surface area contributed by atoms with Crippen molar-refractivity contribution in [2.24, 2.45) is 0 Å². The predicted octanol–water partition coefficient (Wildman–Crippen LogP) is 6.61. The molecule has 1 aliphatic rings. The van der Waals surface area contributed by atoms with E-state index in [-0.39, 0.29) is 17.4 Å². The van der Waals surface area contributed by atoms with Gasteiger partial charge in [0.15, 0.2) is 0 Å². The van der Waals surface area contributed by atoms with Crippen molar-refractivity contribution >= 4 is 11.9 Å². The number of esters is 2. The van der Waals surface area contributed by atoms with E-state index >= 15 is 0 Å². The summed E-state index contributed by atoms with van der Waals surface area (Å²) in [5.41, 5.74) is 4.39. The molecule has 0 bridgehead atoms. The lowest BCUT2D eigenvalue weighted by atomic mass is 9.63. The van der Waals surface area contributed by atoms with Gasteiger partial charge in [-0.2, -0.15) is 0 Å². The van der Waals surface area contributed by atoms with Gasteiger partial charge in [0.2, 0.25) is 0 Å². The lowest BCUT2D eigenvalue weighted by Crippen LogP contribution is -2.33. The maximum atomic E-state index is 12.7. The van der Waals surface area contributed by atoms with Gasteiger partial charge >= 0.3 is 11.9 Å². The van der Waals surface area contributed by atoms with Crippen LogP contribution in [0, 0.1) is 0 Å². The van der Waals surface area contributed by atoms with Crippen molar-refractivity contribution < 1.29 is 19.1 Å². The average Bonchev–Trinajstić information content (AvgIpc) is 2.81. The third kappa shape index (κ3) is 5.00. The van der Waals surface area contributed by atoms with Gasteiger partial charge in [-0.3, -0.25) is 0 Å². The minimum absolute atomic E-state index is 0.0367. The number of carbonyl (C=O) groups excluding carboxylic acids is 2. The summed E-state index contributed by atoms with van der Waals surface area (Å²) in [5.74, 6) is -0.346. The van der Waals surface area contributed by atoms with Gasteiger partial charge in [0.05, 0.1) is 11.1 Å². The van der Waals surface area contributed by atoms with Crippen LogP contribution in [0.4, 0.5) is 0 Å². The molecule has 4 rings (SSSR count). The molecule has 0 unspecified atom stereocenters. The van der Waals surface area contributed by atoms with E-state index in [4.69, 9.17) is 9.47 Å². The molecule has 0 amide bonds. The molecule has 0 radical (unpaired) electrons. The van der Waals surface area contributed by atoms with Crippen LogP contribution in [0.25, 0.3) is 0 Å². The van der Waals surface area contributed by atoms with Gasteiger partial charge in [0.1, 0.15) is 12.4 Å². The number of benzene rings is 3. The number of hydrogen-bond acceptors (Lipinski definition) is 4. The Morgan fingerprint density at radius 3 is 1.94 bits per heavy atom. The van der Waals surface area contributed by atoms with Crippen molar-refractivity contribution in [1.29, 1.82) is 0 Å². The first-order chi connectivity index (χ1) is 15.7. The van der Waals surface area contributed by atoms with Crippen LogP contribution in [0.1, 0.15) is 77.9 Å². The van der Waals surface area contributed by atoms with Crippen molar-refractivity contribution in [3.63, 3.8) is 0 Å². The minimum Gasteiger partial charge on any atom is -0.457 e. The zero-order valence-electron chi connectivity index (χ0n) is 19.7. The van der Waals surface area contributed by atoms with Gasteiger partial charge < -0.3 is 9.47 Å². The smallest absolute Gasteiger partial charge is 0.343 e. The van der Waals surface area contributed by atoms with Crippen LogP contribution in [0.5, 0.6) is 5.75 Å². The molecular weight excluding hydrogens is 412 g/mol. The highest BCUT2D eigenvalue weighted by atomic mass is 16.5. The topological polar surface area (TPSA) is 52.6 Å². The fourth-order valence-corrected chi connectivity index (χ4v) is 4.35. The Kier molecular flexibility index (Phi) is 6.11. The van der Waals surface area contributed by atoms with Crippen molar-refractivity contribution in [1.82, 2.24) is 0 Å². The molecule has 170 valence electrons. The van der Waals surface area contributed by atoms with Gasteiger partial charge in [-0.25, -0.2) is 9.59 Å². The highest BCUT2D eigenvalue weighted by Crippen LogP contribution is 2.46. The zero-order chi connectivity index (χ0) is 23.6. The Morgan fingerprint density at radius 1 is 0.727 bits per heavy atom. The number of hydrogen-bond donors (Lipinski definition) is 0. The molecule has 0 aromatic heterocycles. The normalized spacial score (nSPS) is 15.9. The number of fused-ring (bicyclic) bond motifs is 1. The van der Waals surface area contributed by atoms with E-state index in [9.17, 15) is 9.59 Å². The van der Waals surface area contributed by atoms with Crippen LogP contribution in [-0.4, -0.2) is 11.9 Å². The fourth-order valence-electron chi connectivity index (χ4n) is 4.35. The van der Waals surface area contributed by atoms with Crippen molar-refractivity contribution in [3.05, 3.63) is 101 Å². The second kappa shape index (κ2) is 8.86. The highest BCUT2D eigenvalue weighted by molar-refractivity contribution is 5.94. The first kappa shape index (κ1) is 22.8. The molecule has 0 atom stereocenters. The van der Waals surface area contributed by atoms with Crippen LogP contribution in [0.3, 0.4) is 0 Å². The van der Waals surface area contributed by atoms with E-state index in [0.717, 1.165) is 18.4 Å². The van der Waals surface area contributed by atoms with E-state index in [1.165, 1.54) is 11.1 Å². The van der Waals surface area contributed by atoms with E-state index in [1.54, 1.807) is 24.3 Å². The Labute approximate surface area is 195 Å². The number of carbonyl (C=O) groups is 2. The molecule has 0 aliphatic heterocycles. The first-order valence-corrected chi connectivity index (χ1v) is 11.3. The SMILES string of the molecule is CC1(C)CCC(C)(C)c2cc(OC(=O)c3ccc(C(=O)OCc4ccccc4)cc3)ccc21. The van der Waals surface area contributed by atoms with Gasteiger partial charge in [-0.1, -0.05) is 64.1 Å². The summed E-state index contributed by atoms with van der Waals surface area (Å²) >= 11 is 0. The van der Waals surface area contributed by atoms with Gasteiger partial charge in [0, 0.05) is 0 Å². The summed E-state index contributed by atoms with van der Waals surface area (Å²) in [5, 5.41) is 0. The van der Waals surface area contributed by atoms with Crippen molar-refractivity contribution in [2.45, 2.75) is 58.0 Å². The summed E-state index contributed by atoms with van der Waals surface area (Å²) in [6.45, 7) is 9.21. The second-order valence-corrected chi connectivity index (χ2v) is 10.0. The zero-order valence-corrected chi connectivity index (χ0v) is 19.7. The standard InChI is InChI=1S/C29H30O4/c1-28(2)16-17-29(3,4)25-18-23(14-15-24(25)28)33-27(31)22-12-10-21(11-13-22)26(30)32-19-20-8-6-5-7-9-20/h5-15,18H,16-17,19H2,1-4H3. The molecule has 3 aromatic carbocycles. The van der Waals surface area contributed by atoms with Gasteiger partial charge in [0.25, 0.3) is 0 Å². The highest BCUT2D eigenvalue weighted by Gasteiger charge is 2.37. The quantitative estimate of drug-likeness (QED) is 0.329. The lowest BCUT2D eigenvalue weighted by Gasteiger charge is -2.41. The maximum Gasteiger partial charge on any atom is 0.343 e. The molecule has 1 aliphatic carbocycles. The molecule has 3 aromatic rings. The summed E-state index contributed by atoms with van der Waals surface area (Å²) in [7, 11) is 0. The largest absolute Gasteiger partial charge is 0.457 e. The molecular formula is C29H30O4. The van der Waals surface area contributed by atoms with E-state index < -0.39 is 11.9 Å². The fraction of sp³-hybridized carbons (Fsp3) is 0.310. The lowest BCUT2D eigenvalue weighted by molar-refractivity contribution is 0.0472. The summed E-state index contributed by atoms with van der Waals surface area (Å²) < 4.78 is 11.0. The summed E-state index contributed by atoms with van der Waals surface area (Å²) in [6, 6.07) is 21.8. The van der Waals surface area contributed by atoms with Gasteiger partial charge in [-0.05, 0) is 76.8 Å². The molecule has 0 saturated heterocycles. The second-order valence-electron chi connectivity index (χ2n) is 10.0. The number of rotatable bonds is 5. The third-order valence-corrected chi connectivity index (χ3v) is 6.60. The molecule has 0 N–H and O–H groups in total. The number of ether oxygens (including phenoxy) is 2. The van der Waals surface area contributed by atoms with Crippen molar-refractivity contribution in [3.8, 4) is 5.75 Å². The molecule has 33 heavy (non-hydrogen) atoms. The molecule has 4 heteroatoms. The molecule has 0 spiro atoms. The summed E-state index contributed by atoms with van der Waals surface area (Å²) in [6.07, 6.45) is 2.22. The van der Waals surface area contributed by atoms with Crippen LogP contribution in [0.15, 0.2) is 72.8 Å². The third-order valence-electron chi connectivity index (χ3n) is 6.60. The predicted molar refractivity (Wildman–Crippen MR) is 129 cm³/mol. The van der Waals surface area contributed by atoms with Crippen molar-refractivity contribution in [2.75, 3.05) is 0 Å². The summed E-state index contributed by atoms with van der Waals surface area (Å²) in [4.78, 5) is 25.0. The molecule has 4 nitrogen and oxygen atoms in total. The average molecular weight is 443 g/mol. The maximum absolute atomic E-state index is 12.7. The Morgan fingerprint density at radius 2 is 1.30 bits per heavy atom. The van der Waals surface area contributed by atoms with Crippen LogP contribution >= 0.6 is 0 Å². The Balaban J connectivity index is 1.43. The van der Waals surface area contributed by atoms with E-state index in [1.807, 2.05) is 42.5 Å².